The first-order chi connectivity index (χ1) is 13.9. The first-order valence-corrected chi connectivity index (χ1v) is 9.03. The van der Waals surface area contributed by atoms with E-state index in [2.05, 4.69) is 4.99 Å². The lowest BCUT2D eigenvalue weighted by molar-refractivity contribution is 0.0505. The number of para-hydroxylation sites is 1. The SMILES string of the molecule is CCCOC(=O)c1ccc(N=Cc2c(O)c3cccc(C(C)=O)c3oc2=O)cc1. The summed E-state index contributed by atoms with van der Waals surface area (Å²) in [5.41, 5.74) is 0.158. The van der Waals surface area contributed by atoms with Crippen LogP contribution < -0.4 is 5.63 Å². The maximum absolute atomic E-state index is 12.3. The number of rotatable bonds is 6. The fourth-order valence-electron chi connectivity index (χ4n) is 2.71. The van der Waals surface area contributed by atoms with Crippen LogP contribution in [0.15, 0.2) is 56.7 Å². The average Bonchev–Trinajstić information content (AvgIpc) is 2.71. The number of hydrogen-bond acceptors (Lipinski definition) is 7. The average molecular weight is 393 g/mol. The quantitative estimate of drug-likeness (QED) is 0.293. The summed E-state index contributed by atoms with van der Waals surface area (Å²) in [5, 5.41) is 10.7. The molecule has 29 heavy (non-hydrogen) atoms. The van der Waals surface area contributed by atoms with Gasteiger partial charge < -0.3 is 14.3 Å². The van der Waals surface area contributed by atoms with Gasteiger partial charge in [-0.25, -0.2) is 9.59 Å². The van der Waals surface area contributed by atoms with Crippen LogP contribution in [0.1, 0.15) is 46.5 Å². The molecule has 0 aliphatic carbocycles. The maximum atomic E-state index is 12.3. The molecular formula is C22H19NO6. The largest absolute Gasteiger partial charge is 0.506 e. The molecule has 0 saturated carbocycles. The van der Waals surface area contributed by atoms with Crippen molar-refractivity contribution in [3.05, 3.63) is 69.6 Å². The van der Waals surface area contributed by atoms with E-state index < -0.39 is 11.6 Å². The van der Waals surface area contributed by atoms with Gasteiger partial charge in [-0.2, -0.15) is 0 Å². The number of aliphatic imine (C=N–C) groups is 1. The Bertz CT molecular complexity index is 1160. The zero-order valence-corrected chi connectivity index (χ0v) is 16.0. The van der Waals surface area contributed by atoms with Crippen molar-refractivity contribution in [2.45, 2.75) is 20.3 Å². The Balaban J connectivity index is 1.92. The predicted molar refractivity (Wildman–Crippen MR) is 108 cm³/mol. The molecule has 0 spiro atoms. The van der Waals surface area contributed by atoms with Crippen molar-refractivity contribution in [2.75, 3.05) is 6.61 Å². The van der Waals surface area contributed by atoms with Crippen LogP contribution >= 0.6 is 0 Å². The van der Waals surface area contributed by atoms with Crippen LogP contribution in [-0.2, 0) is 4.74 Å². The minimum Gasteiger partial charge on any atom is -0.506 e. The molecule has 0 fully saturated rings. The molecule has 3 rings (SSSR count). The first kappa shape index (κ1) is 20.0. The molecule has 1 heterocycles. The van der Waals surface area contributed by atoms with Crippen molar-refractivity contribution >= 4 is 34.6 Å². The second-order valence-electron chi connectivity index (χ2n) is 6.33. The zero-order chi connectivity index (χ0) is 21.0. The second-order valence-corrected chi connectivity index (χ2v) is 6.33. The van der Waals surface area contributed by atoms with Crippen molar-refractivity contribution in [3.8, 4) is 5.75 Å². The fraction of sp³-hybridized carbons (Fsp3) is 0.182. The van der Waals surface area contributed by atoms with Gasteiger partial charge in [-0.15, -0.1) is 0 Å². The summed E-state index contributed by atoms with van der Waals surface area (Å²) in [5.74, 6) is -1.02. The van der Waals surface area contributed by atoms with Gasteiger partial charge in [0.05, 0.1) is 28.8 Å². The Kier molecular flexibility index (Phi) is 5.87. The summed E-state index contributed by atoms with van der Waals surface area (Å²) in [7, 11) is 0. The molecule has 0 atom stereocenters. The number of Topliss-reactive ketones (excluding diaryl/α,β-unsaturated/α-hetero) is 1. The maximum Gasteiger partial charge on any atom is 0.348 e. The molecule has 0 aliphatic rings. The monoisotopic (exact) mass is 393 g/mol. The minimum absolute atomic E-state index is 0.0367. The van der Waals surface area contributed by atoms with E-state index in [1.165, 1.54) is 19.2 Å². The Morgan fingerprint density at radius 1 is 1.17 bits per heavy atom. The molecule has 0 aliphatic heterocycles. The topological polar surface area (TPSA) is 106 Å². The van der Waals surface area contributed by atoms with Crippen molar-refractivity contribution in [3.63, 3.8) is 0 Å². The fourth-order valence-corrected chi connectivity index (χ4v) is 2.71. The Hall–Kier alpha value is -3.74. The summed E-state index contributed by atoms with van der Waals surface area (Å²) in [4.78, 5) is 40.0. The third-order valence-corrected chi connectivity index (χ3v) is 4.20. The molecule has 0 unspecified atom stereocenters. The molecule has 1 N–H and O–H groups in total. The summed E-state index contributed by atoms with van der Waals surface area (Å²) in [6, 6.07) is 11.0. The molecule has 1 aromatic heterocycles. The first-order valence-electron chi connectivity index (χ1n) is 9.03. The second kappa shape index (κ2) is 8.52. The van der Waals surface area contributed by atoms with E-state index in [-0.39, 0.29) is 33.6 Å². The van der Waals surface area contributed by atoms with Crippen LogP contribution in [0.5, 0.6) is 5.75 Å². The van der Waals surface area contributed by atoms with Gasteiger partial charge in [0, 0.05) is 6.21 Å². The lowest BCUT2D eigenvalue weighted by Crippen LogP contribution is -2.08. The van der Waals surface area contributed by atoms with E-state index in [0.717, 1.165) is 6.42 Å². The lowest BCUT2D eigenvalue weighted by Gasteiger charge is -2.06. The number of carbonyl (C=O) groups is 2. The summed E-state index contributed by atoms with van der Waals surface area (Å²) in [6.45, 7) is 3.61. The lowest BCUT2D eigenvalue weighted by atomic mass is 10.1. The minimum atomic E-state index is -0.813. The van der Waals surface area contributed by atoms with Gasteiger partial charge in [0.25, 0.3) is 0 Å². The van der Waals surface area contributed by atoms with E-state index in [0.29, 0.717) is 17.9 Å². The van der Waals surface area contributed by atoms with Crippen LogP contribution in [-0.4, -0.2) is 29.7 Å². The molecule has 3 aromatic rings. The third kappa shape index (κ3) is 4.24. The van der Waals surface area contributed by atoms with Crippen molar-refractivity contribution in [1.82, 2.24) is 0 Å². The molecule has 0 radical (unpaired) electrons. The highest BCUT2D eigenvalue weighted by molar-refractivity contribution is 6.07. The van der Waals surface area contributed by atoms with Gasteiger partial charge in [0.15, 0.2) is 11.4 Å². The molecule has 148 valence electrons. The number of ether oxygens (including phenoxy) is 1. The summed E-state index contributed by atoms with van der Waals surface area (Å²) in [6.07, 6.45) is 1.92. The van der Waals surface area contributed by atoms with Crippen molar-refractivity contribution in [1.29, 1.82) is 0 Å². The highest BCUT2D eigenvalue weighted by atomic mass is 16.5. The van der Waals surface area contributed by atoms with Gasteiger partial charge in [-0.05, 0) is 49.7 Å². The van der Waals surface area contributed by atoms with Crippen LogP contribution in [0.3, 0.4) is 0 Å². The molecule has 0 bridgehead atoms. The van der Waals surface area contributed by atoms with Gasteiger partial charge >= 0.3 is 11.6 Å². The highest BCUT2D eigenvalue weighted by Crippen LogP contribution is 2.28. The number of nitrogens with zero attached hydrogens (tertiary/aromatic N) is 1. The smallest absolute Gasteiger partial charge is 0.348 e. The van der Waals surface area contributed by atoms with Crippen molar-refractivity contribution in [2.24, 2.45) is 4.99 Å². The molecule has 7 heteroatoms. The summed E-state index contributed by atoms with van der Waals surface area (Å²) >= 11 is 0. The van der Waals surface area contributed by atoms with E-state index in [1.54, 1.807) is 36.4 Å². The molecule has 0 saturated heterocycles. The molecule has 7 nitrogen and oxygen atoms in total. The Morgan fingerprint density at radius 3 is 2.55 bits per heavy atom. The van der Waals surface area contributed by atoms with Gasteiger partial charge in [0.2, 0.25) is 0 Å². The van der Waals surface area contributed by atoms with E-state index in [4.69, 9.17) is 9.15 Å². The van der Waals surface area contributed by atoms with Crippen molar-refractivity contribution < 1.29 is 23.8 Å². The number of esters is 1. The van der Waals surface area contributed by atoms with Gasteiger partial charge in [0.1, 0.15) is 11.3 Å². The number of aromatic hydroxyl groups is 1. The number of benzene rings is 2. The van der Waals surface area contributed by atoms with Gasteiger partial charge in [-0.3, -0.25) is 9.79 Å². The van der Waals surface area contributed by atoms with E-state index in [9.17, 15) is 19.5 Å². The Morgan fingerprint density at radius 2 is 1.90 bits per heavy atom. The van der Waals surface area contributed by atoms with Crippen LogP contribution in [0.2, 0.25) is 0 Å². The van der Waals surface area contributed by atoms with Gasteiger partial charge in [-0.1, -0.05) is 13.0 Å². The molecular weight excluding hydrogens is 374 g/mol. The number of fused-ring (bicyclic) bond motifs is 1. The number of hydrogen-bond donors (Lipinski definition) is 1. The van der Waals surface area contributed by atoms with Crippen LogP contribution in [0, 0.1) is 0 Å². The molecule has 0 amide bonds. The van der Waals surface area contributed by atoms with E-state index >= 15 is 0 Å². The van der Waals surface area contributed by atoms with Crippen LogP contribution in [0.25, 0.3) is 11.0 Å². The highest BCUT2D eigenvalue weighted by Gasteiger charge is 2.16. The molecule has 2 aromatic carbocycles. The number of ketones is 1. The normalized spacial score (nSPS) is 11.1. The third-order valence-electron chi connectivity index (χ3n) is 4.20. The standard InChI is InChI=1S/C22H19NO6/c1-3-11-28-21(26)14-7-9-15(10-8-14)23-12-18-19(25)17-6-4-5-16(13(2)24)20(17)29-22(18)27/h4-10,12,25H,3,11H2,1-2H3. The van der Waals surface area contributed by atoms with Crippen LogP contribution in [0.4, 0.5) is 5.69 Å². The number of carbonyl (C=O) groups excluding carboxylic acids is 2. The summed E-state index contributed by atoms with van der Waals surface area (Å²) < 4.78 is 10.3. The van der Waals surface area contributed by atoms with E-state index in [1.807, 2.05) is 6.92 Å². The predicted octanol–water partition coefficient (Wildman–Crippen LogP) is 4.02. The zero-order valence-electron chi connectivity index (χ0n) is 16.0. The Labute approximate surface area is 166 Å².